The zero-order chi connectivity index (χ0) is 14.1. The van der Waals surface area contributed by atoms with Gasteiger partial charge in [0.25, 0.3) is 0 Å². The highest BCUT2D eigenvalue weighted by molar-refractivity contribution is 9.42. The first-order valence-corrected chi connectivity index (χ1v) is 11.1. The second-order valence-corrected chi connectivity index (χ2v) is 19.8. The van der Waals surface area contributed by atoms with Crippen LogP contribution in [0.25, 0.3) is 0 Å². The maximum Gasteiger partial charge on any atom is 0.205 e. The first-order chi connectivity index (χ1) is 7.31. The van der Waals surface area contributed by atoms with Crippen molar-refractivity contribution < 1.29 is 4.74 Å². The molecule has 0 aliphatic carbocycles. The Morgan fingerprint density at radius 1 is 0.765 bits per heavy atom. The van der Waals surface area contributed by atoms with Gasteiger partial charge in [-0.15, -0.1) is 0 Å². The molecule has 0 aliphatic rings. The molecule has 0 aromatic heterocycles. The summed E-state index contributed by atoms with van der Waals surface area (Å²) >= 11 is 31.7. The van der Waals surface area contributed by atoms with E-state index in [1.54, 1.807) is 0 Å². The molecule has 0 N–H and O–H groups in total. The van der Waals surface area contributed by atoms with Gasteiger partial charge in [0, 0.05) is 6.61 Å². The number of halogens is 9. The fourth-order valence-electron chi connectivity index (χ4n) is 0.652. The Hall–Kier alpha value is 4.28. The third-order valence-electron chi connectivity index (χ3n) is 1.54. The van der Waals surface area contributed by atoms with E-state index in [0.717, 1.165) is 0 Å². The van der Waals surface area contributed by atoms with Crippen molar-refractivity contribution >= 4 is 143 Å². The summed E-state index contributed by atoms with van der Waals surface area (Å²) in [6.07, 6.45) is 0.661. The van der Waals surface area contributed by atoms with Crippen LogP contribution in [-0.2, 0) is 4.74 Å². The van der Waals surface area contributed by atoms with Crippen LogP contribution in [0.1, 0.15) is 6.42 Å². The maximum absolute atomic E-state index is 5.68. The Bertz CT molecular complexity index is 257. The van der Waals surface area contributed by atoms with Gasteiger partial charge < -0.3 is 4.74 Å². The molecule has 0 unspecified atom stereocenters. The van der Waals surface area contributed by atoms with E-state index in [1.807, 2.05) is 0 Å². The van der Waals surface area contributed by atoms with Crippen molar-refractivity contribution in [3.05, 3.63) is 6.92 Å². The number of alkyl halides is 9. The van der Waals surface area contributed by atoms with Gasteiger partial charge in [-0.25, -0.2) is 0 Å². The van der Waals surface area contributed by atoms with Crippen molar-refractivity contribution in [2.75, 3.05) is 6.61 Å². The predicted octanol–water partition coefficient (Wildman–Crippen LogP) is 7.48. The molecule has 0 atom stereocenters. The van der Waals surface area contributed by atoms with Crippen LogP contribution in [-0.4, -0.2) is 18.6 Å². The minimum Gasteiger partial charge on any atom is -0.352 e. The maximum atomic E-state index is 5.68. The van der Waals surface area contributed by atoms with Crippen LogP contribution in [0.5, 0.6) is 0 Å². The lowest BCUT2D eigenvalue weighted by Gasteiger charge is -2.46. The van der Waals surface area contributed by atoms with Gasteiger partial charge in [-0.3, -0.25) is 0 Å². The number of ether oxygens (including phenoxy) is 1. The molecule has 0 saturated heterocycles. The van der Waals surface area contributed by atoms with E-state index in [4.69, 9.17) is 4.74 Å². The molecule has 0 fully saturated rings. The van der Waals surface area contributed by atoms with Gasteiger partial charge in [0.2, 0.25) is 3.42 Å². The quantitative estimate of drug-likeness (QED) is 0.262. The zero-order valence-electron chi connectivity index (χ0n) is 7.93. The molecule has 103 valence electrons. The fraction of sp³-hybridized carbons (Fsp3) is 0.857. The van der Waals surface area contributed by atoms with Crippen LogP contribution in [0.3, 0.4) is 0 Å². The largest absolute Gasteiger partial charge is 0.352 e. The summed E-state index contributed by atoms with van der Waals surface area (Å²) in [4.78, 5) is 0. The lowest BCUT2D eigenvalue weighted by Crippen LogP contribution is -2.54. The van der Waals surface area contributed by atoms with Gasteiger partial charge >= 0.3 is 0 Å². The van der Waals surface area contributed by atoms with E-state index in [2.05, 4.69) is 150 Å². The van der Waals surface area contributed by atoms with Crippen LogP contribution in [0, 0.1) is 6.92 Å². The van der Waals surface area contributed by atoms with E-state index >= 15 is 0 Å². The van der Waals surface area contributed by atoms with E-state index < -0.39 is 12.0 Å². The second kappa shape index (κ2) is 7.70. The highest BCUT2D eigenvalue weighted by atomic mass is 80.0. The highest BCUT2D eigenvalue weighted by Gasteiger charge is 2.65. The fourth-order valence-corrected chi connectivity index (χ4v) is 6.50. The monoisotopic (exact) mass is 816 g/mol. The summed E-state index contributed by atoms with van der Waals surface area (Å²) in [6.45, 7) is 4.22. The molecule has 17 heavy (non-hydrogen) atoms. The molecule has 0 rings (SSSR count). The van der Waals surface area contributed by atoms with Crippen molar-refractivity contribution in [3.63, 3.8) is 0 Å². The van der Waals surface area contributed by atoms with Gasteiger partial charge in [-0.05, 0) is 38.3 Å². The molecular formula is C7H6Br9O. The van der Waals surface area contributed by atoms with E-state index in [-0.39, 0.29) is 0 Å². The third-order valence-corrected chi connectivity index (χ3v) is 17.1. The Morgan fingerprint density at radius 3 is 1.47 bits per heavy atom. The van der Waals surface area contributed by atoms with Crippen LogP contribution in [0.4, 0.5) is 0 Å². The summed E-state index contributed by atoms with van der Waals surface area (Å²) in [5.74, 6) is 0. The topological polar surface area (TPSA) is 9.23 Å². The van der Waals surface area contributed by atoms with Crippen molar-refractivity contribution in [3.8, 4) is 0 Å². The molecule has 1 nitrogen and oxygen atoms in total. The molecule has 0 aliphatic heterocycles. The summed E-state index contributed by atoms with van der Waals surface area (Å²) in [5.41, 5.74) is 0. The average Bonchev–Trinajstić information content (AvgIpc) is 2.12. The molecule has 0 saturated carbocycles. The Balaban J connectivity index is 5.24. The van der Waals surface area contributed by atoms with E-state index in [1.165, 1.54) is 0 Å². The van der Waals surface area contributed by atoms with Gasteiger partial charge in [0.1, 0.15) is 3.23 Å². The van der Waals surface area contributed by atoms with Crippen LogP contribution >= 0.6 is 143 Å². The summed E-state index contributed by atoms with van der Waals surface area (Å²) < 4.78 is 2.67. The molecule has 0 aromatic carbocycles. The van der Waals surface area contributed by atoms with Crippen LogP contribution in [0.15, 0.2) is 0 Å². The Kier molecular flexibility index (Phi) is 9.64. The average molecular weight is 825 g/mol. The van der Waals surface area contributed by atoms with Gasteiger partial charge in [0.15, 0.2) is 5.38 Å². The Labute approximate surface area is 177 Å². The third kappa shape index (κ3) is 5.15. The van der Waals surface area contributed by atoms with Crippen molar-refractivity contribution in [1.82, 2.24) is 0 Å². The lowest BCUT2D eigenvalue weighted by atomic mass is 10.3. The zero-order valence-corrected chi connectivity index (χ0v) is 22.2. The SMILES string of the molecule is [CH2]CCOC(Br)(Br)C(Br)(Br)C(Br)(Br)C(Br)(Br)Br. The standard InChI is InChI=1S/C7H6Br9O/c1-2-3-17-7(15,16)5(10,11)4(8,9)6(12,13)14/h1-3H2. The van der Waals surface area contributed by atoms with Gasteiger partial charge in [-0.1, -0.05) is 118 Å². The normalized spacial score (nSPS) is 15.2. The molecule has 0 amide bonds. The first kappa shape index (κ1) is 21.3. The van der Waals surface area contributed by atoms with Gasteiger partial charge in [-0.2, -0.15) is 0 Å². The number of hydrogen-bond donors (Lipinski definition) is 0. The van der Waals surface area contributed by atoms with E-state index in [0.29, 0.717) is 13.0 Å². The second-order valence-electron chi connectivity index (χ2n) is 2.87. The highest BCUT2D eigenvalue weighted by Crippen LogP contribution is 2.68. The Morgan fingerprint density at radius 2 is 1.18 bits per heavy atom. The molecule has 0 heterocycles. The van der Waals surface area contributed by atoms with Gasteiger partial charge in [0.05, 0.1) is 0 Å². The lowest BCUT2D eigenvalue weighted by molar-refractivity contribution is 0.0960. The minimum atomic E-state index is -0.877. The molecule has 1 radical (unpaired) electrons. The van der Waals surface area contributed by atoms with Crippen LogP contribution < -0.4 is 0 Å². The van der Waals surface area contributed by atoms with Crippen molar-refractivity contribution in [2.45, 2.75) is 18.5 Å². The first-order valence-electron chi connectivity index (χ1n) is 3.94. The summed E-state index contributed by atoms with van der Waals surface area (Å²) in [6, 6.07) is 0. The molecule has 0 bridgehead atoms. The number of rotatable bonds is 5. The smallest absolute Gasteiger partial charge is 0.205 e. The molecule has 0 spiro atoms. The van der Waals surface area contributed by atoms with Crippen molar-refractivity contribution in [1.29, 1.82) is 0 Å². The summed E-state index contributed by atoms with van der Waals surface area (Å²) in [7, 11) is 0. The molecular weight excluding hydrogens is 819 g/mol. The predicted molar refractivity (Wildman–Crippen MR) is 107 cm³/mol. The van der Waals surface area contributed by atoms with Crippen molar-refractivity contribution in [2.24, 2.45) is 0 Å². The van der Waals surface area contributed by atoms with Crippen LogP contribution in [0.2, 0.25) is 0 Å². The molecule has 10 heteroatoms. The number of hydrogen-bond acceptors (Lipinski definition) is 1. The summed E-state index contributed by atoms with van der Waals surface area (Å²) in [5, 5.41) is 0. The minimum absolute atomic E-state index is 0.491. The molecule has 0 aromatic rings. The van der Waals surface area contributed by atoms with E-state index in [9.17, 15) is 0 Å².